The second-order valence-corrected chi connectivity index (χ2v) is 4.34. The molecule has 0 saturated carbocycles. The Balaban J connectivity index is 2.09. The lowest BCUT2D eigenvalue weighted by Crippen LogP contribution is -2.30. The van der Waals surface area contributed by atoms with Gasteiger partial charge in [0.2, 0.25) is 0 Å². The minimum absolute atomic E-state index is 0.261. The third kappa shape index (κ3) is 3.44. The van der Waals surface area contributed by atoms with Crippen molar-refractivity contribution in [3.63, 3.8) is 0 Å². The molecule has 0 bridgehead atoms. The van der Waals surface area contributed by atoms with Crippen LogP contribution in [-0.4, -0.2) is 34.5 Å². The summed E-state index contributed by atoms with van der Waals surface area (Å²) in [5, 5.41) is 9.02. The summed E-state index contributed by atoms with van der Waals surface area (Å²) in [6.07, 6.45) is 2.65. The second kappa shape index (κ2) is 5.83. The first-order valence-electron chi connectivity index (χ1n) is 6.14. The maximum Gasteiger partial charge on any atom is 0.251 e. The summed E-state index contributed by atoms with van der Waals surface area (Å²) in [4.78, 5) is 15.3. The van der Waals surface area contributed by atoms with Crippen molar-refractivity contribution in [3.8, 4) is 0 Å². The Hall–Kier alpha value is -1.60. The molecular formula is C11H19N5O2. The van der Waals surface area contributed by atoms with Gasteiger partial charge in [-0.15, -0.1) is 0 Å². The first kappa shape index (κ1) is 12.8. The molecule has 0 amide bonds. The number of nitrogens with zero attached hydrogens (tertiary/aromatic N) is 3. The molecule has 1 aromatic rings. The van der Waals surface area contributed by atoms with Gasteiger partial charge in [-0.2, -0.15) is 9.97 Å². The van der Waals surface area contributed by atoms with Crippen molar-refractivity contribution in [1.82, 2.24) is 9.97 Å². The molecule has 18 heavy (non-hydrogen) atoms. The van der Waals surface area contributed by atoms with Crippen LogP contribution in [0.1, 0.15) is 26.2 Å². The quantitative estimate of drug-likeness (QED) is 0.537. The molecule has 1 aliphatic heterocycles. The average molecular weight is 253 g/mol. The van der Waals surface area contributed by atoms with Crippen molar-refractivity contribution >= 4 is 17.6 Å². The molecule has 0 spiro atoms. The fourth-order valence-corrected chi connectivity index (χ4v) is 1.92. The van der Waals surface area contributed by atoms with E-state index in [1.807, 2.05) is 0 Å². The molecule has 2 rings (SSSR count). The molecule has 1 saturated heterocycles. The lowest BCUT2D eigenvalue weighted by atomic mass is 10.1. The van der Waals surface area contributed by atoms with Crippen LogP contribution in [0.4, 0.5) is 17.6 Å². The maximum atomic E-state index is 9.02. The number of aliphatic hydroxyl groups excluding tert-OH is 1. The fraction of sp³-hybridized carbons (Fsp3) is 0.636. The number of nitrogens with two attached hydrogens (primary N) is 1. The van der Waals surface area contributed by atoms with E-state index in [0.717, 1.165) is 31.7 Å². The standard InChI is InChI=1S/C11H19N5O2/c1-8(17)18-15-11-13-9(12)7-10(14-11)16-5-3-2-4-6-16/h7-8,17H,2-6H2,1H3,(H3,12,13,14,15). The van der Waals surface area contributed by atoms with Crippen LogP contribution >= 0.6 is 0 Å². The molecule has 2 heterocycles. The smallest absolute Gasteiger partial charge is 0.251 e. The molecule has 4 N–H and O–H groups in total. The van der Waals surface area contributed by atoms with Crippen LogP contribution in [0.3, 0.4) is 0 Å². The van der Waals surface area contributed by atoms with E-state index in [0.29, 0.717) is 5.82 Å². The van der Waals surface area contributed by atoms with Crippen molar-refractivity contribution in [2.24, 2.45) is 0 Å². The van der Waals surface area contributed by atoms with E-state index in [1.165, 1.54) is 13.3 Å². The van der Waals surface area contributed by atoms with Gasteiger partial charge in [0.15, 0.2) is 6.29 Å². The zero-order valence-corrected chi connectivity index (χ0v) is 10.5. The molecule has 7 heteroatoms. The Bertz CT molecular complexity index is 393. The monoisotopic (exact) mass is 253 g/mol. The molecular weight excluding hydrogens is 234 g/mol. The summed E-state index contributed by atoms with van der Waals surface area (Å²) in [5.41, 5.74) is 8.22. The van der Waals surface area contributed by atoms with Crippen LogP contribution in [0, 0.1) is 0 Å². The Labute approximate surface area is 106 Å². The predicted molar refractivity (Wildman–Crippen MR) is 68.9 cm³/mol. The number of aromatic nitrogens is 2. The van der Waals surface area contributed by atoms with Gasteiger partial charge >= 0.3 is 0 Å². The fourth-order valence-electron chi connectivity index (χ4n) is 1.92. The third-order valence-corrected chi connectivity index (χ3v) is 2.73. The summed E-state index contributed by atoms with van der Waals surface area (Å²) < 4.78 is 0. The Morgan fingerprint density at radius 3 is 2.78 bits per heavy atom. The molecule has 100 valence electrons. The molecule has 1 atom stereocenters. The minimum Gasteiger partial charge on any atom is -0.383 e. The number of hydrogen-bond acceptors (Lipinski definition) is 7. The normalized spacial score (nSPS) is 17.6. The maximum absolute atomic E-state index is 9.02. The topological polar surface area (TPSA) is 96.5 Å². The number of aliphatic hydroxyl groups is 1. The first-order valence-corrected chi connectivity index (χ1v) is 6.14. The van der Waals surface area contributed by atoms with E-state index >= 15 is 0 Å². The lowest BCUT2D eigenvalue weighted by molar-refractivity contribution is -0.0603. The average Bonchev–Trinajstić information content (AvgIpc) is 2.37. The molecule has 1 unspecified atom stereocenters. The predicted octanol–water partition coefficient (Wildman–Crippen LogP) is 0.731. The SMILES string of the molecule is CC(O)ONc1nc(N)cc(N2CCCCC2)n1. The molecule has 1 aliphatic rings. The van der Waals surface area contributed by atoms with E-state index in [1.54, 1.807) is 6.07 Å². The largest absolute Gasteiger partial charge is 0.383 e. The van der Waals surface area contributed by atoms with Crippen molar-refractivity contribution < 1.29 is 9.94 Å². The molecule has 1 aromatic heterocycles. The summed E-state index contributed by atoms with van der Waals surface area (Å²) in [6.45, 7) is 3.45. The summed E-state index contributed by atoms with van der Waals surface area (Å²) >= 11 is 0. The van der Waals surface area contributed by atoms with Gasteiger partial charge in [0.1, 0.15) is 11.6 Å². The van der Waals surface area contributed by atoms with Crippen LogP contribution < -0.4 is 16.1 Å². The number of hydrogen-bond donors (Lipinski definition) is 3. The zero-order valence-electron chi connectivity index (χ0n) is 10.5. The van der Waals surface area contributed by atoms with Gasteiger partial charge < -0.3 is 15.7 Å². The first-order chi connectivity index (χ1) is 8.65. The van der Waals surface area contributed by atoms with Crippen LogP contribution in [0.5, 0.6) is 0 Å². The highest BCUT2D eigenvalue weighted by Gasteiger charge is 2.14. The Morgan fingerprint density at radius 2 is 2.11 bits per heavy atom. The van der Waals surface area contributed by atoms with Crippen LogP contribution in [-0.2, 0) is 4.84 Å². The van der Waals surface area contributed by atoms with Gasteiger partial charge in [0, 0.05) is 19.2 Å². The molecule has 1 fully saturated rings. The number of nitrogen functional groups attached to an aromatic ring is 1. The molecule has 7 nitrogen and oxygen atoms in total. The minimum atomic E-state index is -0.937. The summed E-state index contributed by atoms with van der Waals surface area (Å²) in [6, 6.07) is 1.75. The van der Waals surface area contributed by atoms with Crippen molar-refractivity contribution in [2.45, 2.75) is 32.5 Å². The number of piperidine rings is 1. The van der Waals surface area contributed by atoms with Crippen LogP contribution in [0.2, 0.25) is 0 Å². The van der Waals surface area contributed by atoms with E-state index in [2.05, 4.69) is 20.3 Å². The van der Waals surface area contributed by atoms with Gasteiger partial charge in [-0.1, -0.05) is 0 Å². The van der Waals surface area contributed by atoms with Crippen molar-refractivity contribution in [3.05, 3.63) is 6.07 Å². The van der Waals surface area contributed by atoms with Gasteiger partial charge in [-0.25, -0.2) is 10.3 Å². The highest BCUT2D eigenvalue weighted by atomic mass is 16.7. The highest BCUT2D eigenvalue weighted by molar-refractivity contribution is 5.51. The number of rotatable bonds is 4. The Morgan fingerprint density at radius 1 is 1.39 bits per heavy atom. The van der Waals surface area contributed by atoms with Crippen molar-refractivity contribution in [1.29, 1.82) is 0 Å². The van der Waals surface area contributed by atoms with E-state index in [-0.39, 0.29) is 5.95 Å². The van der Waals surface area contributed by atoms with E-state index in [9.17, 15) is 0 Å². The zero-order chi connectivity index (χ0) is 13.0. The lowest BCUT2D eigenvalue weighted by Gasteiger charge is -2.27. The van der Waals surface area contributed by atoms with E-state index < -0.39 is 6.29 Å². The van der Waals surface area contributed by atoms with Crippen LogP contribution in [0.15, 0.2) is 6.07 Å². The van der Waals surface area contributed by atoms with Gasteiger partial charge in [0.05, 0.1) is 0 Å². The molecule has 0 aliphatic carbocycles. The summed E-state index contributed by atoms with van der Waals surface area (Å²) in [5.74, 6) is 1.43. The van der Waals surface area contributed by atoms with Gasteiger partial charge in [-0.3, -0.25) is 0 Å². The third-order valence-electron chi connectivity index (χ3n) is 2.73. The van der Waals surface area contributed by atoms with Crippen molar-refractivity contribution in [2.75, 3.05) is 29.2 Å². The van der Waals surface area contributed by atoms with Gasteiger partial charge in [-0.05, 0) is 26.2 Å². The van der Waals surface area contributed by atoms with Crippen LogP contribution in [0.25, 0.3) is 0 Å². The highest BCUT2D eigenvalue weighted by Crippen LogP contribution is 2.20. The molecule has 0 aromatic carbocycles. The number of nitrogens with one attached hydrogen (secondary N) is 1. The van der Waals surface area contributed by atoms with Gasteiger partial charge in [0.25, 0.3) is 5.95 Å². The number of anilines is 3. The Kier molecular flexibility index (Phi) is 4.16. The van der Waals surface area contributed by atoms with E-state index in [4.69, 9.17) is 15.7 Å². The molecule has 0 radical (unpaired) electrons. The second-order valence-electron chi connectivity index (χ2n) is 4.34. The summed E-state index contributed by atoms with van der Waals surface area (Å²) in [7, 11) is 0.